The van der Waals surface area contributed by atoms with Crippen LogP contribution >= 0.6 is 11.6 Å². The van der Waals surface area contributed by atoms with Gasteiger partial charge in [0.05, 0.1) is 99.9 Å². The second-order valence-electron chi connectivity index (χ2n) is 24.5. The van der Waals surface area contributed by atoms with Crippen molar-refractivity contribution in [1.82, 2.24) is 39.5 Å². The fraction of sp³-hybridized carbons (Fsp3) is 0.530. The van der Waals surface area contributed by atoms with Crippen molar-refractivity contribution in [2.45, 2.75) is 127 Å². The summed E-state index contributed by atoms with van der Waals surface area (Å²) in [4.78, 5) is 63.7. The van der Waals surface area contributed by atoms with Gasteiger partial charge in [0.2, 0.25) is 23.5 Å². The van der Waals surface area contributed by atoms with Crippen molar-refractivity contribution in [3.63, 3.8) is 0 Å². The maximum atomic E-state index is 14.8. The number of aromatic amines is 1. The van der Waals surface area contributed by atoms with E-state index < -0.39 is 39.1 Å². The lowest BCUT2D eigenvalue weighted by molar-refractivity contribution is 0.0131. The predicted molar refractivity (Wildman–Crippen MR) is 344 cm³/mol. The molecule has 2 aromatic carbocycles. The molecule has 4 aromatic heterocycles. The zero-order chi connectivity index (χ0) is 66.1. The minimum absolute atomic E-state index is 0.0536. The number of aromatic carboxylic acids is 1. The highest BCUT2D eigenvalue weighted by Crippen LogP contribution is 2.48. The van der Waals surface area contributed by atoms with Crippen LogP contribution in [-0.4, -0.2) is 165 Å². The molecule has 93 heavy (non-hydrogen) atoms. The van der Waals surface area contributed by atoms with E-state index in [1.165, 1.54) is 52.0 Å². The lowest BCUT2D eigenvalue weighted by Gasteiger charge is -2.46. The molecule has 4 saturated carbocycles. The molecule has 0 saturated heterocycles. The summed E-state index contributed by atoms with van der Waals surface area (Å²) >= 11 is 6.47. The number of nitrogens with one attached hydrogen (secondary N) is 1. The van der Waals surface area contributed by atoms with Crippen molar-refractivity contribution in [1.29, 1.82) is 0 Å². The van der Waals surface area contributed by atoms with Gasteiger partial charge in [-0.25, -0.2) is 23.7 Å². The van der Waals surface area contributed by atoms with Crippen LogP contribution in [0.4, 0.5) is 5.69 Å². The first kappa shape index (κ1) is 67.7. The molecule has 2 N–H and O–H groups in total. The van der Waals surface area contributed by atoms with Crippen molar-refractivity contribution < 1.29 is 71.2 Å². The molecule has 13 rings (SSSR count). The molecule has 6 heterocycles. The number of esters is 2. The molecule has 25 nitrogen and oxygen atoms in total. The number of Topliss-reactive ketones (excluding diaryl/α,β-unsaturated/α-hetero) is 1. The van der Waals surface area contributed by atoms with E-state index in [9.17, 15) is 28.2 Å². The number of hydrogen-bond donors (Lipinski definition) is 2. The van der Waals surface area contributed by atoms with Crippen molar-refractivity contribution in [3.8, 4) is 29.3 Å². The standard InChI is InChI=1S/C41H49ClN4O6S.C10H14N2O3.C8H10N2O3.C7H10N2O3/c1-26-6-4-8-37(50-2)32-14-9-29(32)20-45-24-41(17-5-7-27-18-30(42)11-15-34(27)41)25-52-38-16-10-28(19-35(38)45)39(48)44-53(49,22-26)23-36(47)33-21-46(31-12-13-31)43-40(33)51-3;1-3-15-10(13)8-6-12(7-4-5-7)11-9(8)14-2;1-13-7-6(8(11)12)4-10(9-7)5-2-3-5;1-3-12-7(10)5-4-8-9-6(5)11-2/h4,8,10-11,15-16,18-19,21,26,29,31-32,37H,5-7,9,12-14,17,20,22-25H2,1-3H3;6-7H,3-5H2,1-2H3;4-5H,2-3H2,1H3,(H,11,12);4H,3H2,1-2H3,(H,8,9)/b8-4+;;;/t26-,29-,32+,37-,41-,53+;;;/m0.../s1. The molecule has 0 unspecified atom stereocenters. The number of carboxylic acids is 1. The van der Waals surface area contributed by atoms with Crippen molar-refractivity contribution >= 4 is 56.6 Å². The smallest absolute Gasteiger partial charge is 0.345 e. The molecule has 2 aliphatic heterocycles. The number of ether oxygens (including phenoxy) is 8. The highest BCUT2D eigenvalue weighted by atomic mass is 35.5. The molecule has 6 aromatic rings. The number of hydrogen-bond acceptors (Lipinski definition) is 19. The molecule has 6 atom stereocenters. The minimum Gasteiger partial charge on any atom is -0.490 e. The van der Waals surface area contributed by atoms with Gasteiger partial charge in [-0.3, -0.25) is 23.6 Å². The van der Waals surface area contributed by atoms with Gasteiger partial charge in [0.15, 0.2) is 5.78 Å². The van der Waals surface area contributed by atoms with Gasteiger partial charge in [0.1, 0.15) is 28.0 Å². The summed E-state index contributed by atoms with van der Waals surface area (Å²) in [7, 11) is 4.28. The largest absolute Gasteiger partial charge is 0.490 e. The first-order valence-corrected chi connectivity index (χ1v) is 33.9. The van der Waals surface area contributed by atoms with Crippen molar-refractivity contribution in [2.24, 2.45) is 22.1 Å². The summed E-state index contributed by atoms with van der Waals surface area (Å²) in [6.07, 6.45) is 22.6. The number of aromatic nitrogens is 8. The van der Waals surface area contributed by atoms with Gasteiger partial charge in [-0.1, -0.05) is 36.7 Å². The second kappa shape index (κ2) is 29.8. The average molecular weight is 1320 g/mol. The Labute approximate surface area is 545 Å². The first-order valence-electron chi connectivity index (χ1n) is 31.7. The number of benzene rings is 2. The summed E-state index contributed by atoms with van der Waals surface area (Å²) in [5.74, 6) is -0.711. The minimum atomic E-state index is -3.35. The second-order valence-corrected chi connectivity index (χ2v) is 27.3. The molecule has 4 fully saturated rings. The lowest BCUT2D eigenvalue weighted by Crippen LogP contribution is -2.49. The summed E-state index contributed by atoms with van der Waals surface area (Å²) in [6, 6.07) is 12.7. The van der Waals surface area contributed by atoms with E-state index >= 15 is 0 Å². The van der Waals surface area contributed by atoms with E-state index in [1.807, 2.05) is 25.1 Å². The Bertz CT molecular complexity index is 3840. The van der Waals surface area contributed by atoms with Crippen LogP contribution in [0.5, 0.6) is 29.3 Å². The molecule has 1 amide bonds. The normalized spacial score (nSPS) is 23.3. The number of anilines is 1. The number of halogens is 1. The number of fused-ring (bicyclic) bond motifs is 4. The third-order valence-electron chi connectivity index (χ3n) is 17.7. The molecule has 1 spiro atoms. The molecule has 0 radical (unpaired) electrons. The number of ketones is 1. The van der Waals surface area contributed by atoms with Gasteiger partial charge in [0, 0.05) is 60.5 Å². The number of carboxylic acid groups (broad SMARTS) is 1. The molecule has 5 aliphatic carbocycles. The van der Waals surface area contributed by atoms with E-state index in [4.69, 9.17) is 54.6 Å². The van der Waals surface area contributed by atoms with E-state index in [0.717, 1.165) is 94.4 Å². The average Bonchev–Trinajstić information content (AvgIpc) is 1.71. The summed E-state index contributed by atoms with van der Waals surface area (Å²) in [5.41, 5.74) is 4.57. The molecule has 500 valence electrons. The lowest BCUT2D eigenvalue weighted by atomic mass is 9.68. The fourth-order valence-corrected chi connectivity index (χ4v) is 14.8. The first-order chi connectivity index (χ1) is 44.8. The summed E-state index contributed by atoms with van der Waals surface area (Å²) in [6.45, 7) is 8.21. The Balaban J connectivity index is 0.000000188. The van der Waals surface area contributed by atoms with Gasteiger partial charge in [-0.05, 0) is 150 Å². The van der Waals surface area contributed by atoms with E-state index in [2.05, 4.69) is 59.0 Å². The van der Waals surface area contributed by atoms with Crippen LogP contribution in [0, 0.1) is 17.8 Å². The van der Waals surface area contributed by atoms with Crippen LogP contribution in [0.3, 0.4) is 0 Å². The van der Waals surface area contributed by atoms with Gasteiger partial charge in [0.25, 0.3) is 5.91 Å². The number of nitrogens with zero attached hydrogens (tertiary/aromatic N) is 9. The van der Waals surface area contributed by atoms with Crippen LogP contribution in [0.2, 0.25) is 5.02 Å². The van der Waals surface area contributed by atoms with Crippen LogP contribution in [0.15, 0.2) is 77.7 Å². The number of carbonyl (C=O) groups is 5. The summed E-state index contributed by atoms with van der Waals surface area (Å²) in [5, 5.41) is 28.4. The molecule has 2 bridgehead atoms. The zero-order valence-corrected chi connectivity index (χ0v) is 55.5. The quantitative estimate of drug-likeness (QED) is 0.0517. The Hall–Kier alpha value is -8.23. The number of H-pyrrole nitrogens is 1. The van der Waals surface area contributed by atoms with Crippen LogP contribution in [-0.2, 0) is 35.8 Å². The van der Waals surface area contributed by atoms with E-state index in [-0.39, 0.29) is 58.1 Å². The number of rotatable bonds is 16. The van der Waals surface area contributed by atoms with Gasteiger partial charge in [-0.2, -0.15) is 9.46 Å². The van der Waals surface area contributed by atoms with Crippen LogP contribution < -0.4 is 28.6 Å². The van der Waals surface area contributed by atoms with Gasteiger partial charge in [-0.15, -0.1) is 15.3 Å². The highest BCUT2D eigenvalue weighted by Gasteiger charge is 2.45. The Kier molecular flexibility index (Phi) is 21.7. The number of allylic oxidation sites excluding steroid dienone is 1. The number of methoxy groups -OCH3 is 5. The monoisotopic (exact) mass is 1320 g/mol. The van der Waals surface area contributed by atoms with Crippen molar-refractivity contribution in [3.05, 3.63) is 117 Å². The molecule has 7 aliphatic rings. The van der Waals surface area contributed by atoms with Crippen molar-refractivity contribution in [2.75, 3.05) is 84.9 Å². The van der Waals surface area contributed by atoms with Crippen LogP contribution in [0.25, 0.3) is 0 Å². The Morgan fingerprint density at radius 2 is 1.39 bits per heavy atom. The molecular weight excluding hydrogens is 1240 g/mol. The third kappa shape index (κ3) is 16.1. The van der Waals surface area contributed by atoms with E-state index in [0.29, 0.717) is 84.4 Å². The maximum Gasteiger partial charge on any atom is 0.345 e. The summed E-state index contributed by atoms with van der Waals surface area (Å²) < 4.78 is 67.1. The number of amides is 1. The Morgan fingerprint density at radius 3 is 1.96 bits per heavy atom. The fourth-order valence-electron chi connectivity index (χ4n) is 12.4. The Morgan fingerprint density at radius 1 is 0.774 bits per heavy atom. The third-order valence-corrected chi connectivity index (χ3v) is 20.2. The topological polar surface area (TPSA) is 294 Å². The number of carbonyl (C=O) groups excluding carboxylic acids is 4. The van der Waals surface area contributed by atoms with Gasteiger partial charge >= 0.3 is 17.9 Å². The molecular formula is C66H83ClN10O15S. The van der Waals surface area contributed by atoms with Crippen LogP contribution in [0.1, 0.15) is 172 Å². The van der Waals surface area contributed by atoms with Gasteiger partial charge < -0.3 is 47.9 Å². The zero-order valence-electron chi connectivity index (χ0n) is 53.9. The highest BCUT2D eigenvalue weighted by molar-refractivity contribution is 7.94. The predicted octanol–water partition coefficient (Wildman–Crippen LogP) is 10.4. The molecule has 27 heteroatoms. The SMILES string of the molecule is CCOC(=O)c1cn(C2CC2)nc1OC.CCOC(=O)c1cn[nH]c1OC.COc1nn(C2CC2)cc1C(=O)C[S@@]1(=O)=NC(=O)c2ccc3c(c2)N(C[C@@H]2CC[C@H]2[C@@H](OC)/C=C/C[C@H](C)C1)C[C@@]1(CCCc2cc(Cl)ccc21)CO3.COc1nn(C2CC2)cc1C(=O)O. The van der Waals surface area contributed by atoms with E-state index in [1.54, 1.807) is 53.5 Å². The maximum absolute atomic E-state index is 14.8. The number of aryl methyl sites for hydroxylation is 1.